The summed E-state index contributed by atoms with van der Waals surface area (Å²) in [6.45, 7) is 0.557. The molecule has 0 saturated carbocycles. The number of benzene rings is 1. The minimum atomic E-state index is -0.205. The van der Waals surface area contributed by atoms with E-state index in [0.717, 1.165) is 5.56 Å². The molecular weight excluding hydrogens is 175 g/mol. The fourth-order valence-corrected chi connectivity index (χ4v) is 1.07. The molecule has 0 aliphatic heterocycles. The van der Waals surface area contributed by atoms with Gasteiger partial charge in [0, 0.05) is 0 Å². The maximum atomic E-state index is 12.4. The van der Waals surface area contributed by atoms with Crippen molar-refractivity contribution in [2.24, 2.45) is 0 Å². The molecule has 0 unspecified atom stereocenters. The highest BCUT2D eigenvalue weighted by atomic mass is 32.2. The average molecular weight is 186 g/mol. The standard InChI is InChI=1S/C9H11FOS/c1-12-7-11-6-8-2-4-9(10)5-3-8/h2-5H,6-7H2,1H3. The maximum absolute atomic E-state index is 12.4. The van der Waals surface area contributed by atoms with Crippen LogP contribution in [0.5, 0.6) is 0 Å². The Kier molecular flexibility index (Phi) is 4.11. The molecule has 1 nitrogen and oxygen atoms in total. The topological polar surface area (TPSA) is 9.23 Å². The largest absolute Gasteiger partial charge is 0.366 e. The van der Waals surface area contributed by atoms with Crippen LogP contribution in [-0.2, 0) is 11.3 Å². The quantitative estimate of drug-likeness (QED) is 0.528. The second-order valence-electron chi connectivity index (χ2n) is 2.38. The predicted octanol–water partition coefficient (Wildman–Crippen LogP) is 2.66. The fourth-order valence-electron chi connectivity index (χ4n) is 0.823. The first kappa shape index (κ1) is 9.55. The monoisotopic (exact) mass is 186 g/mol. The van der Waals surface area contributed by atoms with E-state index in [1.54, 1.807) is 23.9 Å². The first-order chi connectivity index (χ1) is 5.83. The van der Waals surface area contributed by atoms with Crippen LogP contribution in [0.3, 0.4) is 0 Å². The van der Waals surface area contributed by atoms with Crippen molar-refractivity contribution in [1.29, 1.82) is 0 Å². The van der Waals surface area contributed by atoms with E-state index >= 15 is 0 Å². The van der Waals surface area contributed by atoms with E-state index in [1.807, 2.05) is 6.26 Å². The Bertz CT molecular complexity index is 222. The van der Waals surface area contributed by atoms with Crippen LogP contribution in [0.15, 0.2) is 24.3 Å². The minimum absolute atomic E-state index is 0.205. The molecule has 12 heavy (non-hydrogen) atoms. The molecule has 1 rings (SSSR count). The summed E-state index contributed by atoms with van der Waals surface area (Å²) >= 11 is 1.63. The highest BCUT2D eigenvalue weighted by Crippen LogP contribution is 2.05. The normalized spacial score (nSPS) is 10.2. The molecule has 0 heterocycles. The maximum Gasteiger partial charge on any atom is 0.123 e. The summed E-state index contributed by atoms with van der Waals surface area (Å²) < 4.78 is 17.7. The SMILES string of the molecule is CSCOCc1ccc(F)cc1. The van der Waals surface area contributed by atoms with Crippen LogP contribution in [0, 0.1) is 5.82 Å². The lowest BCUT2D eigenvalue weighted by Gasteiger charge is -2.01. The molecule has 0 N–H and O–H groups in total. The molecule has 1 aromatic rings. The molecule has 0 atom stereocenters. The van der Waals surface area contributed by atoms with Crippen LogP contribution in [0.4, 0.5) is 4.39 Å². The van der Waals surface area contributed by atoms with Crippen LogP contribution in [0.1, 0.15) is 5.56 Å². The number of rotatable bonds is 4. The molecule has 0 aromatic heterocycles. The van der Waals surface area contributed by atoms with Gasteiger partial charge in [-0.15, -0.1) is 11.8 Å². The minimum Gasteiger partial charge on any atom is -0.366 e. The van der Waals surface area contributed by atoms with Gasteiger partial charge in [-0.2, -0.15) is 0 Å². The molecule has 3 heteroatoms. The highest BCUT2D eigenvalue weighted by molar-refractivity contribution is 7.98. The number of thioether (sulfide) groups is 1. The van der Waals surface area contributed by atoms with Crippen LogP contribution >= 0.6 is 11.8 Å². The van der Waals surface area contributed by atoms with E-state index in [0.29, 0.717) is 12.5 Å². The van der Waals surface area contributed by atoms with Crippen molar-refractivity contribution < 1.29 is 9.13 Å². The van der Waals surface area contributed by atoms with Gasteiger partial charge < -0.3 is 4.74 Å². The van der Waals surface area contributed by atoms with Crippen molar-refractivity contribution in [3.63, 3.8) is 0 Å². The lowest BCUT2D eigenvalue weighted by Crippen LogP contribution is -1.91. The summed E-state index contributed by atoms with van der Waals surface area (Å²) in [5.74, 6) is 0.473. The highest BCUT2D eigenvalue weighted by Gasteiger charge is 1.92. The number of hydrogen-bond donors (Lipinski definition) is 0. The van der Waals surface area contributed by atoms with Crippen LogP contribution in [0.25, 0.3) is 0 Å². The van der Waals surface area contributed by atoms with E-state index in [-0.39, 0.29) is 5.82 Å². The zero-order chi connectivity index (χ0) is 8.81. The lowest BCUT2D eigenvalue weighted by molar-refractivity contribution is 0.169. The van der Waals surface area contributed by atoms with Crippen molar-refractivity contribution in [2.75, 3.05) is 12.2 Å². The number of hydrogen-bond acceptors (Lipinski definition) is 2. The third kappa shape index (κ3) is 3.24. The fraction of sp³-hybridized carbons (Fsp3) is 0.333. The molecule has 1 aromatic carbocycles. The summed E-state index contributed by atoms with van der Waals surface area (Å²) in [7, 11) is 0. The van der Waals surface area contributed by atoms with E-state index < -0.39 is 0 Å². The van der Waals surface area contributed by atoms with Gasteiger partial charge in [0.05, 0.1) is 12.5 Å². The Hall–Kier alpha value is -0.540. The molecule has 0 bridgehead atoms. The second-order valence-corrected chi connectivity index (χ2v) is 3.19. The Morgan fingerprint density at radius 1 is 1.33 bits per heavy atom. The lowest BCUT2D eigenvalue weighted by atomic mass is 10.2. The molecule has 0 amide bonds. The molecule has 0 saturated heterocycles. The van der Waals surface area contributed by atoms with Crippen molar-refractivity contribution in [3.8, 4) is 0 Å². The third-order valence-corrected chi connectivity index (χ3v) is 1.79. The molecule has 0 spiro atoms. The van der Waals surface area contributed by atoms with Crippen molar-refractivity contribution in [1.82, 2.24) is 0 Å². The number of halogens is 1. The van der Waals surface area contributed by atoms with Crippen LogP contribution < -0.4 is 0 Å². The Morgan fingerprint density at radius 3 is 2.58 bits per heavy atom. The van der Waals surface area contributed by atoms with Gasteiger partial charge in [0.2, 0.25) is 0 Å². The van der Waals surface area contributed by atoms with Crippen molar-refractivity contribution in [3.05, 3.63) is 35.6 Å². The van der Waals surface area contributed by atoms with Crippen molar-refractivity contribution >= 4 is 11.8 Å². The summed E-state index contributed by atoms with van der Waals surface area (Å²) in [5.41, 5.74) is 1.01. The molecule has 0 fully saturated rings. The summed E-state index contributed by atoms with van der Waals surface area (Å²) in [4.78, 5) is 0. The summed E-state index contributed by atoms with van der Waals surface area (Å²) in [6, 6.07) is 6.35. The molecular formula is C9H11FOS. The summed E-state index contributed by atoms with van der Waals surface area (Å²) in [6.07, 6.45) is 1.98. The van der Waals surface area contributed by atoms with Gasteiger partial charge in [-0.3, -0.25) is 0 Å². The molecule has 66 valence electrons. The van der Waals surface area contributed by atoms with Gasteiger partial charge in [-0.1, -0.05) is 12.1 Å². The van der Waals surface area contributed by atoms with Crippen LogP contribution in [0.2, 0.25) is 0 Å². The average Bonchev–Trinajstić information content (AvgIpc) is 2.09. The van der Waals surface area contributed by atoms with E-state index in [9.17, 15) is 4.39 Å². The second kappa shape index (κ2) is 5.17. The zero-order valence-corrected chi connectivity index (χ0v) is 7.73. The van der Waals surface area contributed by atoms with Gasteiger partial charge in [-0.25, -0.2) is 4.39 Å². The summed E-state index contributed by atoms with van der Waals surface area (Å²) in [5, 5.41) is 0. The molecule has 0 radical (unpaired) electrons. The number of ether oxygens (including phenoxy) is 1. The Labute approximate surface area is 75.9 Å². The van der Waals surface area contributed by atoms with E-state index in [4.69, 9.17) is 4.74 Å². The molecule has 0 aliphatic rings. The molecule has 0 aliphatic carbocycles. The zero-order valence-electron chi connectivity index (χ0n) is 6.92. The van der Waals surface area contributed by atoms with Gasteiger partial charge in [0.15, 0.2) is 0 Å². The smallest absolute Gasteiger partial charge is 0.123 e. The van der Waals surface area contributed by atoms with Gasteiger partial charge >= 0.3 is 0 Å². The van der Waals surface area contributed by atoms with E-state index in [2.05, 4.69) is 0 Å². The first-order valence-electron chi connectivity index (χ1n) is 3.64. The Morgan fingerprint density at radius 2 is 2.00 bits per heavy atom. The first-order valence-corrected chi connectivity index (χ1v) is 5.03. The Balaban J connectivity index is 2.37. The van der Waals surface area contributed by atoms with Crippen LogP contribution in [-0.4, -0.2) is 12.2 Å². The van der Waals surface area contributed by atoms with E-state index in [1.165, 1.54) is 12.1 Å². The van der Waals surface area contributed by atoms with Gasteiger partial charge in [0.1, 0.15) is 5.82 Å². The van der Waals surface area contributed by atoms with Gasteiger partial charge in [-0.05, 0) is 24.0 Å². The third-order valence-electron chi connectivity index (χ3n) is 1.38. The predicted molar refractivity (Wildman–Crippen MR) is 49.6 cm³/mol. The van der Waals surface area contributed by atoms with Crippen molar-refractivity contribution in [2.45, 2.75) is 6.61 Å². The van der Waals surface area contributed by atoms with Gasteiger partial charge in [0.25, 0.3) is 0 Å².